The Morgan fingerprint density at radius 2 is 0.226 bits per heavy atom. The van der Waals surface area contributed by atoms with E-state index in [-0.39, 0.29) is 0 Å². The smallest absolute Gasteiger partial charge is 0.00926 e. The van der Waals surface area contributed by atoms with Gasteiger partial charge >= 0.3 is 0 Å². The first-order valence-corrected chi connectivity index (χ1v) is 29.1. The molecule has 0 N–H and O–H groups in total. The van der Waals surface area contributed by atoms with Crippen molar-refractivity contribution in [2.24, 2.45) is 0 Å². The Balaban J connectivity index is 1.05. The highest BCUT2D eigenvalue weighted by Crippen LogP contribution is 2.50. The van der Waals surface area contributed by atoms with Crippen LogP contribution in [0.5, 0.6) is 0 Å². The Bertz CT molecular complexity index is 4690. The average Bonchev–Trinajstić information content (AvgIpc) is 2.89. The maximum absolute atomic E-state index is 2.49. The summed E-state index contributed by atoms with van der Waals surface area (Å²) >= 11 is 0. The topological polar surface area (TPSA) is 0 Å². The van der Waals surface area contributed by atoms with Crippen LogP contribution in [-0.4, -0.2) is 0 Å². The summed E-state index contributed by atoms with van der Waals surface area (Å²) in [6.45, 7) is 0. The molecule has 0 aliphatic heterocycles. The molecular weight excluding hydrogens is 1010 g/mol. The lowest BCUT2D eigenvalue weighted by molar-refractivity contribution is 1.56. The lowest BCUT2D eigenvalue weighted by Gasteiger charge is -2.22. The maximum atomic E-state index is 2.49. The van der Waals surface area contributed by atoms with Crippen molar-refractivity contribution in [1.82, 2.24) is 0 Å². The predicted molar refractivity (Wildman–Crippen MR) is 360 cm³/mol. The van der Waals surface area contributed by atoms with E-state index in [1.807, 2.05) is 0 Å². The van der Waals surface area contributed by atoms with E-state index >= 15 is 0 Å². The Hall–Kier alpha value is -10.9. The third-order valence-corrected chi connectivity index (χ3v) is 17.3. The van der Waals surface area contributed by atoms with E-state index < -0.39 is 0 Å². The van der Waals surface area contributed by atoms with E-state index in [1.54, 1.807) is 0 Å². The van der Waals surface area contributed by atoms with E-state index in [2.05, 4.69) is 328 Å². The van der Waals surface area contributed by atoms with E-state index in [4.69, 9.17) is 0 Å². The molecule has 16 aromatic carbocycles. The molecule has 0 spiro atoms. The van der Waals surface area contributed by atoms with Gasteiger partial charge < -0.3 is 0 Å². The fraction of sp³-hybridized carbons (Fsp3) is 0. The second-order valence-corrected chi connectivity index (χ2v) is 22.4. The molecule has 0 heterocycles. The van der Waals surface area contributed by atoms with Crippen LogP contribution in [0.25, 0.3) is 165 Å². The van der Waals surface area contributed by atoms with Crippen LogP contribution in [0.15, 0.2) is 328 Å². The Morgan fingerprint density at radius 3 is 0.393 bits per heavy atom. The normalized spacial score (nSPS) is 11.6. The predicted octanol–water partition coefficient (Wildman–Crippen LogP) is 23.6. The summed E-state index contributed by atoms with van der Waals surface area (Å²) in [5, 5.41) is 14.4. The fourth-order valence-corrected chi connectivity index (χ4v) is 13.2. The molecule has 390 valence electrons. The van der Waals surface area contributed by atoms with Crippen molar-refractivity contribution in [3.63, 3.8) is 0 Å². The monoisotopic (exact) mass is 1060 g/mol. The van der Waals surface area contributed by atoms with Crippen molar-refractivity contribution >= 4 is 64.6 Å². The Kier molecular flexibility index (Phi) is 12.0. The van der Waals surface area contributed by atoms with Crippen LogP contribution in [0.2, 0.25) is 0 Å². The van der Waals surface area contributed by atoms with Gasteiger partial charge in [-0.1, -0.05) is 237 Å². The van der Waals surface area contributed by atoms with E-state index in [0.29, 0.717) is 0 Å². The van der Waals surface area contributed by atoms with Gasteiger partial charge in [0, 0.05) is 0 Å². The van der Waals surface area contributed by atoms with Crippen LogP contribution in [0.3, 0.4) is 0 Å². The van der Waals surface area contributed by atoms with E-state index in [9.17, 15) is 0 Å². The number of fused-ring (bicyclic) bond motifs is 6. The van der Waals surface area contributed by atoms with Gasteiger partial charge in [0.25, 0.3) is 0 Å². The molecule has 16 rings (SSSR count). The summed E-state index contributed by atoms with van der Waals surface area (Å²) in [5.74, 6) is 0. The fourth-order valence-electron chi connectivity index (χ4n) is 13.2. The minimum absolute atomic E-state index is 1.14. The van der Waals surface area contributed by atoms with Gasteiger partial charge in [0.1, 0.15) is 0 Å². The third kappa shape index (κ3) is 8.81. The molecule has 16 aromatic rings. The van der Waals surface area contributed by atoms with Crippen molar-refractivity contribution in [3.8, 4) is 100 Å². The zero-order valence-electron chi connectivity index (χ0n) is 46.2. The van der Waals surface area contributed by atoms with E-state index in [1.165, 1.54) is 148 Å². The first-order chi connectivity index (χ1) is 41.6. The van der Waals surface area contributed by atoms with Crippen molar-refractivity contribution in [2.75, 3.05) is 0 Å². The van der Waals surface area contributed by atoms with Crippen LogP contribution in [-0.2, 0) is 0 Å². The maximum Gasteiger partial charge on any atom is -0.00926 e. The molecule has 0 nitrogen and oxygen atoms in total. The molecule has 0 saturated carbocycles. The molecule has 0 bridgehead atoms. The van der Waals surface area contributed by atoms with Gasteiger partial charge in [-0.05, 0) is 256 Å². The van der Waals surface area contributed by atoms with Crippen LogP contribution in [0.1, 0.15) is 0 Å². The molecule has 0 radical (unpaired) electrons. The number of hydrogen-bond acceptors (Lipinski definition) is 0. The lowest BCUT2D eigenvalue weighted by atomic mass is 9.81. The highest BCUT2D eigenvalue weighted by molar-refractivity contribution is 6.09. The minimum Gasteiger partial charge on any atom is -0.0622 e. The number of hydrogen-bond donors (Lipinski definition) is 0. The van der Waals surface area contributed by atoms with Crippen LogP contribution < -0.4 is 0 Å². The summed E-state index contributed by atoms with van der Waals surface area (Å²) in [5.41, 5.74) is 21.2. The third-order valence-electron chi connectivity index (χ3n) is 17.3. The van der Waals surface area contributed by atoms with Crippen molar-refractivity contribution in [2.45, 2.75) is 0 Å². The second kappa shape index (κ2) is 20.6. The van der Waals surface area contributed by atoms with Crippen molar-refractivity contribution in [3.05, 3.63) is 328 Å². The van der Waals surface area contributed by atoms with Gasteiger partial charge in [-0.15, -0.1) is 0 Å². The van der Waals surface area contributed by atoms with Gasteiger partial charge in [-0.25, -0.2) is 0 Å². The molecule has 0 aliphatic carbocycles. The minimum atomic E-state index is 1.14. The average molecular weight is 1060 g/mol. The Labute approximate surface area is 489 Å². The molecule has 0 aromatic heterocycles. The summed E-state index contributed by atoms with van der Waals surface area (Å²) < 4.78 is 0. The van der Waals surface area contributed by atoms with Gasteiger partial charge in [-0.3, -0.25) is 0 Å². The largest absolute Gasteiger partial charge is 0.0622 e. The first-order valence-electron chi connectivity index (χ1n) is 29.1. The molecule has 0 fully saturated rings. The SMILES string of the molecule is c1ccc(-c2cc3ccccc3cc2-c2cc3ccccc3cc2-c2cc(-c3cc4ccccc4cc3-c3cc4ccccc4cc3-c3ccccc3)cc(-c3cc4ccccc4cc3-c3cc4ccccc4cc3-c3ccccc3)c2)cc1. The number of rotatable bonds is 9. The molecule has 84 heavy (non-hydrogen) atoms. The van der Waals surface area contributed by atoms with Gasteiger partial charge in [-0.2, -0.15) is 0 Å². The molecule has 0 heteroatoms. The number of benzene rings is 16. The van der Waals surface area contributed by atoms with Crippen LogP contribution in [0, 0.1) is 0 Å². The highest BCUT2D eigenvalue weighted by atomic mass is 14.3. The van der Waals surface area contributed by atoms with Crippen LogP contribution >= 0.6 is 0 Å². The molecule has 0 unspecified atom stereocenters. The zero-order chi connectivity index (χ0) is 55.5. The highest BCUT2D eigenvalue weighted by Gasteiger charge is 2.23. The standard InChI is InChI=1S/C84H54/c1-4-22-55(23-5-1)73-43-58-28-10-16-34-64(58)49-79(73)82-52-67-37-19-13-31-61(67)46-76(82)70-40-71(77-47-62-32-14-20-38-68(62)53-83(77)80-50-65-35-17-11-29-59(65)44-74(80)56-24-6-2-7-25-56)42-72(41-70)78-48-63-33-15-21-39-69(63)54-84(78)81-51-66-36-18-12-30-60(66)45-75(81)57-26-8-3-9-27-57/h1-54H. The molecule has 0 aliphatic rings. The van der Waals surface area contributed by atoms with E-state index in [0.717, 1.165) is 16.7 Å². The first kappa shape index (κ1) is 48.9. The second-order valence-electron chi connectivity index (χ2n) is 22.4. The summed E-state index contributed by atoms with van der Waals surface area (Å²) in [6.07, 6.45) is 0. The molecule has 0 amide bonds. The summed E-state index contributed by atoms with van der Waals surface area (Å²) in [4.78, 5) is 0. The van der Waals surface area contributed by atoms with Crippen molar-refractivity contribution in [1.29, 1.82) is 0 Å². The van der Waals surface area contributed by atoms with Crippen LogP contribution in [0.4, 0.5) is 0 Å². The lowest BCUT2D eigenvalue weighted by Crippen LogP contribution is -1.96. The summed E-state index contributed by atoms with van der Waals surface area (Å²) in [6, 6.07) is 122. The van der Waals surface area contributed by atoms with Gasteiger partial charge in [0.2, 0.25) is 0 Å². The van der Waals surface area contributed by atoms with Crippen molar-refractivity contribution < 1.29 is 0 Å². The van der Waals surface area contributed by atoms with Gasteiger partial charge in [0.05, 0.1) is 0 Å². The molecular formula is C84H54. The molecule has 0 saturated heterocycles. The Morgan fingerprint density at radius 1 is 0.0952 bits per heavy atom. The molecule has 0 atom stereocenters. The zero-order valence-corrected chi connectivity index (χ0v) is 46.2. The van der Waals surface area contributed by atoms with Gasteiger partial charge in [0.15, 0.2) is 0 Å². The quantitative estimate of drug-likeness (QED) is 0.135. The summed E-state index contributed by atoms with van der Waals surface area (Å²) in [7, 11) is 0.